The lowest BCUT2D eigenvalue weighted by molar-refractivity contribution is 0.649. The van der Waals surface area contributed by atoms with Gasteiger partial charge in [0.1, 0.15) is 0 Å². The molecule has 0 amide bonds. The van der Waals surface area contributed by atoms with E-state index in [1.165, 1.54) is 49.7 Å². The Balaban J connectivity index is 1.99. The topological polar surface area (TPSA) is 20.7 Å². The Morgan fingerprint density at radius 1 is 1.12 bits per heavy atom. The van der Waals surface area contributed by atoms with Crippen LogP contribution >= 0.6 is 0 Å². The van der Waals surface area contributed by atoms with Crippen LogP contribution in [-0.2, 0) is 5.41 Å². The van der Waals surface area contributed by atoms with Crippen molar-refractivity contribution in [3.63, 3.8) is 0 Å². The van der Waals surface area contributed by atoms with Gasteiger partial charge in [0.25, 0.3) is 0 Å². The molecule has 5 rings (SSSR count). The maximum atomic E-state index is 5.64. The minimum absolute atomic E-state index is 0.119. The molecule has 0 fully saturated rings. The molecule has 126 valence electrons. The lowest BCUT2D eigenvalue weighted by atomic mass is 9.82. The number of hydrogen-bond acceptors (Lipinski definition) is 0. The van der Waals surface area contributed by atoms with E-state index in [0.717, 1.165) is 0 Å². The highest BCUT2D eigenvalue weighted by molar-refractivity contribution is 6.17. The average Bonchev–Trinajstić information content (AvgIpc) is 3.25. The van der Waals surface area contributed by atoms with Crippen molar-refractivity contribution in [1.82, 2.24) is 9.55 Å². The van der Waals surface area contributed by atoms with Gasteiger partial charge in [-0.2, -0.15) is 0 Å². The number of fused-ring (bicyclic) bond motifs is 7. The van der Waals surface area contributed by atoms with Crippen LogP contribution in [0.2, 0.25) is 0 Å². The third kappa shape index (κ3) is 1.68. The Kier molecular flexibility index (Phi) is 2.86. The van der Waals surface area contributed by atoms with Crippen LogP contribution in [0.15, 0.2) is 60.2 Å². The predicted octanol–water partition coefficient (Wildman–Crippen LogP) is 5.99. The van der Waals surface area contributed by atoms with Crippen molar-refractivity contribution in [1.29, 1.82) is 0 Å². The zero-order chi connectivity index (χ0) is 18.1. The third-order valence-corrected chi connectivity index (χ3v) is 5.77. The second kappa shape index (κ2) is 4.93. The molecule has 1 N–H and O–H groups in total. The van der Waals surface area contributed by atoms with E-state index in [9.17, 15) is 0 Å². The second-order valence-electron chi connectivity index (χ2n) is 7.49. The summed E-state index contributed by atoms with van der Waals surface area (Å²) in [6.07, 6.45) is 9.72. The maximum absolute atomic E-state index is 5.64. The molecule has 0 bridgehead atoms. The Morgan fingerprint density at radius 3 is 2.69 bits per heavy atom. The third-order valence-electron chi connectivity index (χ3n) is 5.77. The smallest absolute Gasteiger partial charge is 0.0774 e. The summed E-state index contributed by atoms with van der Waals surface area (Å²) in [5.74, 6) is 2.74. The average molecular weight is 336 g/mol. The number of hydrogen-bond donors (Lipinski definition) is 1. The molecule has 1 aliphatic heterocycles. The van der Waals surface area contributed by atoms with E-state index in [0.29, 0.717) is 0 Å². The molecule has 0 saturated heterocycles. The van der Waals surface area contributed by atoms with Crippen LogP contribution in [0, 0.1) is 12.3 Å². The highest BCUT2D eigenvalue weighted by atomic mass is 15.1. The molecule has 4 aromatic rings. The molecule has 2 nitrogen and oxygen atoms in total. The van der Waals surface area contributed by atoms with Crippen LogP contribution in [0.4, 0.5) is 0 Å². The summed E-state index contributed by atoms with van der Waals surface area (Å²) in [7, 11) is 0. The number of rotatable bonds is 0. The van der Waals surface area contributed by atoms with Crippen LogP contribution in [0.1, 0.15) is 26.5 Å². The van der Waals surface area contributed by atoms with E-state index in [2.05, 4.69) is 84.8 Å². The molecule has 0 unspecified atom stereocenters. The van der Waals surface area contributed by atoms with E-state index in [1.807, 2.05) is 6.08 Å². The van der Waals surface area contributed by atoms with Gasteiger partial charge in [-0.1, -0.05) is 56.2 Å². The summed E-state index contributed by atoms with van der Waals surface area (Å²) in [5, 5.41) is 3.78. The summed E-state index contributed by atoms with van der Waals surface area (Å²) in [4.78, 5) is 3.65. The first-order valence-corrected chi connectivity index (χ1v) is 8.97. The molecule has 0 radical (unpaired) electrons. The Morgan fingerprint density at radius 2 is 1.92 bits per heavy atom. The molecular weight excluding hydrogens is 316 g/mol. The molecule has 0 saturated carbocycles. The lowest BCUT2D eigenvalue weighted by Crippen LogP contribution is -2.14. The van der Waals surface area contributed by atoms with E-state index in [4.69, 9.17) is 6.42 Å². The van der Waals surface area contributed by atoms with Gasteiger partial charge >= 0.3 is 0 Å². The Labute approximate surface area is 152 Å². The number of H-pyrrole nitrogens is 1. The maximum Gasteiger partial charge on any atom is 0.0774 e. The minimum Gasteiger partial charge on any atom is -0.353 e. The Bertz CT molecular complexity index is 1310. The molecule has 3 heterocycles. The summed E-state index contributed by atoms with van der Waals surface area (Å²) >= 11 is 0. The number of nitrogens with zero attached hydrogens (tertiary/aromatic N) is 1. The van der Waals surface area contributed by atoms with Gasteiger partial charge in [0.15, 0.2) is 0 Å². The van der Waals surface area contributed by atoms with Crippen LogP contribution in [0.3, 0.4) is 0 Å². The SMILES string of the molecule is C#C/C=C1\C(=C/C)n2c(cc3ccc4c5ccccc5[nH]c4c32)C1(C)C. The number of aromatic amines is 1. The zero-order valence-corrected chi connectivity index (χ0v) is 15.2. The number of terminal acetylenes is 1. The van der Waals surface area contributed by atoms with Gasteiger partial charge in [0.2, 0.25) is 0 Å². The van der Waals surface area contributed by atoms with E-state index in [-0.39, 0.29) is 5.41 Å². The monoisotopic (exact) mass is 336 g/mol. The zero-order valence-electron chi connectivity index (χ0n) is 15.2. The van der Waals surface area contributed by atoms with Gasteiger partial charge in [0, 0.05) is 38.5 Å². The predicted molar refractivity (Wildman–Crippen MR) is 111 cm³/mol. The largest absolute Gasteiger partial charge is 0.353 e. The molecule has 1 aliphatic rings. The number of benzene rings is 2. The first-order chi connectivity index (χ1) is 12.6. The van der Waals surface area contributed by atoms with Crippen molar-refractivity contribution in [2.75, 3.05) is 0 Å². The summed E-state index contributed by atoms with van der Waals surface area (Å²) in [6, 6.07) is 15.3. The Hall–Kier alpha value is -3.18. The first kappa shape index (κ1) is 15.1. The van der Waals surface area contributed by atoms with Crippen molar-refractivity contribution in [2.45, 2.75) is 26.2 Å². The van der Waals surface area contributed by atoms with E-state index < -0.39 is 0 Å². The fourth-order valence-electron chi connectivity index (χ4n) is 4.52. The van der Waals surface area contributed by atoms with Crippen molar-refractivity contribution in [3.8, 4) is 12.3 Å². The fraction of sp³-hybridized carbons (Fsp3) is 0.167. The van der Waals surface area contributed by atoms with Crippen LogP contribution in [-0.4, -0.2) is 9.55 Å². The number of aromatic nitrogens is 2. The summed E-state index contributed by atoms with van der Waals surface area (Å²) in [5.41, 5.74) is 7.14. The van der Waals surface area contributed by atoms with Crippen LogP contribution < -0.4 is 0 Å². The minimum atomic E-state index is -0.119. The fourth-order valence-corrected chi connectivity index (χ4v) is 4.52. The van der Waals surface area contributed by atoms with Gasteiger partial charge in [-0.3, -0.25) is 0 Å². The molecule has 0 atom stereocenters. The second-order valence-corrected chi connectivity index (χ2v) is 7.49. The van der Waals surface area contributed by atoms with Gasteiger partial charge in [-0.25, -0.2) is 0 Å². The molecular formula is C24H20N2. The summed E-state index contributed by atoms with van der Waals surface area (Å²) < 4.78 is 2.39. The molecule has 2 aromatic carbocycles. The van der Waals surface area contributed by atoms with Crippen LogP contribution in [0.25, 0.3) is 38.4 Å². The van der Waals surface area contributed by atoms with Gasteiger partial charge < -0.3 is 9.55 Å². The van der Waals surface area contributed by atoms with E-state index >= 15 is 0 Å². The van der Waals surface area contributed by atoms with Crippen LogP contribution in [0.5, 0.6) is 0 Å². The van der Waals surface area contributed by atoms with Crippen molar-refractivity contribution in [2.24, 2.45) is 0 Å². The lowest BCUT2D eigenvalue weighted by Gasteiger charge is -2.18. The quantitative estimate of drug-likeness (QED) is 0.381. The van der Waals surface area contributed by atoms with E-state index in [1.54, 1.807) is 0 Å². The van der Waals surface area contributed by atoms with Gasteiger partial charge in [-0.05, 0) is 30.7 Å². The van der Waals surface area contributed by atoms with Crippen molar-refractivity contribution >= 4 is 38.4 Å². The highest BCUT2D eigenvalue weighted by Gasteiger charge is 2.39. The van der Waals surface area contributed by atoms with Crippen molar-refractivity contribution < 1.29 is 0 Å². The number of nitrogens with one attached hydrogen (secondary N) is 1. The molecule has 2 heteroatoms. The highest BCUT2D eigenvalue weighted by Crippen LogP contribution is 2.49. The molecule has 2 aromatic heterocycles. The number of para-hydroxylation sites is 1. The molecule has 26 heavy (non-hydrogen) atoms. The standard InChI is InChI=1S/C24H20N2/c1-5-9-18-20(6-2)26-21(24(18,3)4)14-15-12-13-17-16-10-7-8-11-19(16)25-22(17)23(15)26/h1,6-14,25H,2-4H3/b18-9+,20-6+. The summed E-state index contributed by atoms with van der Waals surface area (Å²) in [6.45, 7) is 6.58. The van der Waals surface area contributed by atoms with Gasteiger partial charge in [-0.15, -0.1) is 6.42 Å². The first-order valence-electron chi connectivity index (χ1n) is 8.97. The molecule has 0 aliphatic carbocycles. The molecule has 0 spiro atoms. The normalized spacial score (nSPS) is 19.0. The number of allylic oxidation sites excluding steroid dienone is 4. The van der Waals surface area contributed by atoms with Gasteiger partial charge in [0.05, 0.1) is 11.0 Å². The van der Waals surface area contributed by atoms with Crippen molar-refractivity contribution in [3.05, 3.63) is 65.9 Å².